The first-order valence-corrected chi connectivity index (χ1v) is 7.18. The number of amides is 2. The summed E-state index contributed by atoms with van der Waals surface area (Å²) >= 11 is 1.40. The van der Waals surface area contributed by atoms with Crippen LogP contribution >= 0.6 is 11.8 Å². The molecule has 0 bridgehead atoms. The van der Waals surface area contributed by atoms with E-state index in [4.69, 9.17) is 5.11 Å². The normalized spacial score (nSPS) is 11.8. The summed E-state index contributed by atoms with van der Waals surface area (Å²) in [5.74, 6) is -4.63. The van der Waals surface area contributed by atoms with Gasteiger partial charge in [0, 0.05) is 12.1 Å². The van der Waals surface area contributed by atoms with Crippen molar-refractivity contribution >= 4 is 29.4 Å². The molecule has 1 atom stereocenters. The van der Waals surface area contributed by atoms with Crippen LogP contribution in [0.3, 0.4) is 0 Å². The van der Waals surface area contributed by atoms with Crippen molar-refractivity contribution in [1.29, 1.82) is 0 Å². The molecule has 0 heterocycles. The van der Waals surface area contributed by atoms with E-state index in [1.165, 1.54) is 11.8 Å². The topological polar surface area (TPSA) is 78.4 Å². The average Bonchev–Trinajstić information content (AvgIpc) is 2.40. The molecular formula is C12H13F3N2O3S. The third-order valence-corrected chi connectivity index (χ3v) is 3.12. The van der Waals surface area contributed by atoms with Gasteiger partial charge in [-0.25, -0.2) is 22.8 Å². The summed E-state index contributed by atoms with van der Waals surface area (Å²) in [6.07, 6.45) is 1.94. The minimum Gasteiger partial charge on any atom is -0.480 e. The van der Waals surface area contributed by atoms with Crippen molar-refractivity contribution in [3.8, 4) is 0 Å². The Morgan fingerprint density at radius 2 is 1.86 bits per heavy atom. The Balaban J connectivity index is 2.72. The number of carbonyl (C=O) groups excluding carboxylic acids is 1. The molecule has 0 aromatic heterocycles. The number of urea groups is 1. The summed E-state index contributed by atoms with van der Waals surface area (Å²) in [7, 11) is 0. The van der Waals surface area contributed by atoms with Gasteiger partial charge in [-0.3, -0.25) is 0 Å². The van der Waals surface area contributed by atoms with Crippen molar-refractivity contribution in [2.45, 2.75) is 12.5 Å². The van der Waals surface area contributed by atoms with Crippen LogP contribution in [0, 0.1) is 17.5 Å². The zero-order valence-corrected chi connectivity index (χ0v) is 11.8. The first kappa shape index (κ1) is 17.2. The number of hydrogen-bond donors (Lipinski definition) is 3. The zero-order valence-electron chi connectivity index (χ0n) is 11.0. The summed E-state index contributed by atoms with van der Waals surface area (Å²) in [5, 5.41) is 13.0. The molecule has 0 saturated carbocycles. The molecule has 0 radical (unpaired) electrons. The Morgan fingerprint density at radius 3 is 2.43 bits per heavy atom. The summed E-state index contributed by atoms with van der Waals surface area (Å²) in [6, 6.07) is -1.42. The lowest BCUT2D eigenvalue weighted by molar-refractivity contribution is -0.139. The summed E-state index contributed by atoms with van der Waals surface area (Å²) in [5.41, 5.74) is -0.583. The van der Waals surface area contributed by atoms with Crippen molar-refractivity contribution in [2.75, 3.05) is 17.3 Å². The number of carbonyl (C=O) groups is 2. The van der Waals surface area contributed by atoms with E-state index in [0.717, 1.165) is 0 Å². The maximum atomic E-state index is 13.3. The van der Waals surface area contributed by atoms with E-state index in [2.05, 4.69) is 5.32 Å². The monoisotopic (exact) mass is 322 g/mol. The fraction of sp³-hybridized carbons (Fsp3) is 0.333. The van der Waals surface area contributed by atoms with Gasteiger partial charge in [0.2, 0.25) is 0 Å². The molecule has 1 aromatic rings. The zero-order chi connectivity index (χ0) is 16.0. The molecule has 2 amide bonds. The average molecular weight is 322 g/mol. The van der Waals surface area contributed by atoms with Gasteiger partial charge in [0.1, 0.15) is 11.9 Å². The molecule has 116 valence electrons. The Kier molecular flexibility index (Phi) is 6.35. The van der Waals surface area contributed by atoms with Gasteiger partial charge in [-0.05, 0) is 18.4 Å². The first-order valence-electron chi connectivity index (χ1n) is 5.79. The second-order valence-electron chi connectivity index (χ2n) is 4.02. The molecule has 5 nitrogen and oxygen atoms in total. The first-order chi connectivity index (χ1) is 9.85. The van der Waals surface area contributed by atoms with Crippen LogP contribution < -0.4 is 10.6 Å². The molecule has 3 N–H and O–H groups in total. The maximum absolute atomic E-state index is 13.3. The van der Waals surface area contributed by atoms with Crippen molar-refractivity contribution in [1.82, 2.24) is 5.32 Å². The lowest BCUT2D eigenvalue weighted by Crippen LogP contribution is -2.43. The van der Waals surface area contributed by atoms with Crippen molar-refractivity contribution in [3.63, 3.8) is 0 Å². The number of thioether (sulfide) groups is 1. The highest BCUT2D eigenvalue weighted by Gasteiger charge is 2.20. The predicted molar refractivity (Wildman–Crippen MR) is 72.9 cm³/mol. The Labute approximate surface area is 122 Å². The second-order valence-corrected chi connectivity index (χ2v) is 5.00. The van der Waals surface area contributed by atoms with E-state index in [-0.39, 0.29) is 12.5 Å². The summed E-state index contributed by atoms with van der Waals surface area (Å²) in [4.78, 5) is 22.5. The van der Waals surface area contributed by atoms with Crippen LogP contribution in [0.4, 0.5) is 23.7 Å². The molecule has 21 heavy (non-hydrogen) atoms. The van der Waals surface area contributed by atoms with Crippen LogP contribution in [0.15, 0.2) is 12.1 Å². The molecule has 0 spiro atoms. The number of hydrogen-bond acceptors (Lipinski definition) is 3. The maximum Gasteiger partial charge on any atom is 0.326 e. The van der Waals surface area contributed by atoms with E-state index in [0.29, 0.717) is 11.8 Å². The minimum absolute atomic E-state index is 0.171. The number of carboxylic acid groups (broad SMARTS) is 1. The van der Waals surface area contributed by atoms with Gasteiger partial charge in [0.25, 0.3) is 0 Å². The highest BCUT2D eigenvalue weighted by molar-refractivity contribution is 7.98. The minimum atomic E-state index is -1.39. The lowest BCUT2D eigenvalue weighted by Gasteiger charge is -2.15. The Hall–Kier alpha value is -1.90. The molecule has 0 aliphatic carbocycles. The fourth-order valence-corrected chi connectivity index (χ4v) is 1.90. The van der Waals surface area contributed by atoms with Crippen LogP contribution in [0.25, 0.3) is 0 Å². The van der Waals surface area contributed by atoms with Crippen LogP contribution in [0.2, 0.25) is 0 Å². The molecule has 9 heteroatoms. The highest BCUT2D eigenvalue weighted by atomic mass is 32.2. The molecule has 0 saturated heterocycles. The number of halogens is 3. The number of nitrogens with one attached hydrogen (secondary N) is 2. The van der Waals surface area contributed by atoms with Gasteiger partial charge in [-0.15, -0.1) is 0 Å². The van der Waals surface area contributed by atoms with E-state index < -0.39 is 41.2 Å². The third kappa shape index (κ3) is 5.18. The summed E-state index contributed by atoms with van der Waals surface area (Å²) < 4.78 is 39.0. The van der Waals surface area contributed by atoms with Gasteiger partial charge in [-0.2, -0.15) is 11.8 Å². The van der Waals surface area contributed by atoms with Crippen LogP contribution in [0.5, 0.6) is 0 Å². The molecule has 0 unspecified atom stereocenters. The lowest BCUT2D eigenvalue weighted by atomic mass is 10.2. The van der Waals surface area contributed by atoms with Gasteiger partial charge in [0.15, 0.2) is 11.6 Å². The van der Waals surface area contributed by atoms with Gasteiger partial charge in [-0.1, -0.05) is 0 Å². The number of carboxylic acids is 1. The number of anilines is 1. The quantitative estimate of drug-likeness (QED) is 0.703. The largest absolute Gasteiger partial charge is 0.480 e. The molecule has 1 rings (SSSR count). The molecule has 0 aliphatic rings. The Bertz CT molecular complexity index is 543. The summed E-state index contributed by atoms with van der Waals surface area (Å²) in [6.45, 7) is 0. The highest BCUT2D eigenvalue weighted by Crippen LogP contribution is 2.18. The molecule has 0 fully saturated rings. The standard InChI is InChI=1S/C12H13F3N2O3S/c1-21-3-2-9(11(18)19)16-12(20)17-10-5-7(14)6(13)4-8(10)15/h4-5,9H,2-3H2,1H3,(H,18,19)(H2,16,17,20)/t9-/m1/s1. The van der Waals surface area contributed by atoms with Crippen molar-refractivity contribution in [2.24, 2.45) is 0 Å². The smallest absolute Gasteiger partial charge is 0.326 e. The van der Waals surface area contributed by atoms with E-state index in [1.807, 2.05) is 5.32 Å². The fourth-order valence-electron chi connectivity index (χ4n) is 1.43. The van der Waals surface area contributed by atoms with Gasteiger partial charge < -0.3 is 15.7 Å². The predicted octanol–water partition coefficient (Wildman–Crippen LogP) is 2.43. The number of rotatable bonds is 6. The van der Waals surface area contributed by atoms with Crippen LogP contribution in [-0.4, -0.2) is 35.2 Å². The SMILES string of the molecule is CSCC[C@@H](NC(=O)Nc1cc(F)c(F)cc1F)C(=O)O. The van der Waals surface area contributed by atoms with Gasteiger partial charge in [0.05, 0.1) is 5.69 Å². The van der Waals surface area contributed by atoms with E-state index in [1.54, 1.807) is 6.26 Å². The molecule has 1 aromatic carbocycles. The van der Waals surface area contributed by atoms with E-state index in [9.17, 15) is 22.8 Å². The second kappa shape index (κ2) is 7.77. The number of benzene rings is 1. The van der Waals surface area contributed by atoms with Gasteiger partial charge >= 0.3 is 12.0 Å². The third-order valence-electron chi connectivity index (χ3n) is 2.47. The van der Waals surface area contributed by atoms with Crippen molar-refractivity contribution in [3.05, 3.63) is 29.6 Å². The van der Waals surface area contributed by atoms with Crippen molar-refractivity contribution < 1.29 is 27.9 Å². The molecule has 0 aliphatic heterocycles. The van der Waals surface area contributed by atoms with Crippen LogP contribution in [-0.2, 0) is 4.79 Å². The van der Waals surface area contributed by atoms with Crippen LogP contribution in [0.1, 0.15) is 6.42 Å². The van der Waals surface area contributed by atoms with E-state index >= 15 is 0 Å². The number of aliphatic carboxylic acids is 1. The Morgan fingerprint density at radius 1 is 1.24 bits per heavy atom. The molecular weight excluding hydrogens is 309 g/mol.